The van der Waals surface area contributed by atoms with Crippen LogP contribution in [0.15, 0.2) is 30.3 Å². The maximum Gasteiger partial charge on any atom is 0.310 e. The van der Waals surface area contributed by atoms with E-state index in [0.29, 0.717) is 48.6 Å². The summed E-state index contributed by atoms with van der Waals surface area (Å²) < 4.78 is 30.6. The maximum atomic E-state index is 13.8. The monoisotopic (exact) mass is 875 g/mol. The van der Waals surface area contributed by atoms with Crippen molar-refractivity contribution in [3.63, 3.8) is 0 Å². The first-order valence-electron chi connectivity index (χ1n) is 25.0. The second-order valence-electron chi connectivity index (χ2n) is 25.7. The Balaban J connectivity index is 0.957. The van der Waals surface area contributed by atoms with Crippen molar-refractivity contribution in [2.75, 3.05) is 31.1 Å². The number of carboxylic acid groups (broad SMARTS) is 1. The predicted molar refractivity (Wildman–Crippen MR) is 246 cm³/mol. The van der Waals surface area contributed by atoms with E-state index in [-0.39, 0.29) is 62.7 Å². The van der Waals surface area contributed by atoms with Gasteiger partial charge < -0.3 is 15.2 Å². The fourth-order valence-electron chi connectivity index (χ4n) is 18.3. The number of hydrogen-bond acceptors (Lipinski definition) is 7. The van der Waals surface area contributed by atoms with Crippen LogP contribution in [0.3, 0.4) is 0 Å². The molecule has 1 heterocycles. The molecule has 0 amide bonds. The number of hydrogen-bond donors (Lipinski definition) is 2. The van der Waals surface area contributed by atoms with Gasteiger partial charge in [0.05, 0.1) is 22.8 Å². The molecule has 1 aromatic carbocycles. The zero-order valence-electron chi connectivity index (χ0n) is 40.2. The van der Waals surface area contributed by atoms with Crippen LogP contribution in [0.4, 0.5) is 0 Å². The van der Waals surface area contributed by atoms with Gasteiger partial charge in [-0.3, -0.25) is 14.5 Å². The Morgan fingerprint density at radius 2 is 1.44 bits per heavy atom. The summed E-state index contributed by atoms with van der Waals surface area (Å²) in [6.45, 7) is 26.7. The number of fused-ring (bicyclic) bond motifs is 7. The van der Waals surface area contributed by atoms with Crippen LogP contribution in [-0.4, -0.2) is 72.6 Å². The Morgan fingerprint density at radius 3 is 2.06 bits per heavy atom. The van der Waals surface area contributed by atoms with Crippen LogP contribution in [0, 0.1) is 79.3 Å². The molecule has 9 heteroatoms. The van der Waals surface area contributed by atoms with Gasteiger partial charge in [-0.25, -0.2) is 8.42 Å². The lowest BCUT2D eigenvalue weighted by Crippen LogP contribution is -2.72. The largest absolute Gasteiger partial charge is 0.481 e. The van der Waals surface area contributed by atoms with Crippen molar-refractivity contribution >= 4 is 21.8 Å². The Labute approximate surface area is 375 Å². The molecule has 8 nitrogen and oxygen atoms in total. The Kier molecular flexibility index (Phi) is 10.6. The minimum absolute atomic E-state index is 0.0199. The number of aliphatic carboxylic acids is 1. The van der Waals surface area contributed by atoms with E-state index in [1.54, 1.807) is 0 Å². The van der Waals surface area contributed by atoms with Gasteiger partial charge in [-0.2, -0.15) is 0 Å². The molecular formula is C53H82N2O6S. The number of sulfone groups is 1. The van der Waals surface area contributed by atoms with Gasteiger partial charge in [0.2, 0.25) is 0 Å². The van der Waals surface area contributed by atoms with Crippen LogP contribution in [0.1, 0.15) is 158 Å². The van der Waals surface area contributed by atoms with Crippen LogP contribution in [0.2, 0.25) is 0 Å². The molecule has 7 saturated carbocycles. The van der Waals surface area contributed by atoms with E-state index in [1.807, 2.05) is 44.2 Å². The highest BCUT2D eigenvalue weighted by molar-refractivity contribution is 7.91. The van der Waals surface area contributed by atoms with Gasteiger partial charge in [-0.05, 0) is 171 Å². The maximum absolute atomic E-state index is 13.8. The molecule has 7 aliphatic carbocycles. The molecule has 0 unspecified atom stereocenters. The zero-order valence-corrected chi connectivity index (χ0v) is 41.0. The van der Waals surface area contributed by atoms with Crippen LogP contribution in [0.5, 0.6) is 0 Å². The van der Waals surface area contributed by atoms with E-state index in [2.05, 4.69) is 65.6 Å². The van der Waals surface area contributed by atoms with E-state index < -0.39 is 32.6 Å². The van der Waals surface area contributed by atoms with Gasteiger partial charge in [0.25, 0.3) is 0 Å². The Hall–Kier alpha value is -1.97. The molecule has 8 aliphatic rings. The molecule has 0 spiro atoms. The smallest absolute Gasteiger partial charge is 0.310 e. The molecule has 0 bridgehead atoms. The molecule has 62 heavy (non-hydrogen) atoms. The number of ether oxygens (including phenoxy) is 1. The Morgan fingerprint density at radius 1 is 0.774 bits per heavy atom. The zero-order chi connectivity index (χ0) is 44.7. The quantitative estimate of drug-likeness (QED) is 0.224. The molecule has 1 saturated heterocycles. The van der Waals surface area contributed by atoms with Gasteiger partial charge in [0.1, 0.15) is 6.61 Å². The van der Waals surface area contributed by atoms with Crippen LogP contribution in [-0.2, 0) is 30.8 Å². The average molecular weight is 875 g/mol. The van der Waals surface area contributed by atoms with E-state index in [1.165, 1.54) is 57.8 Å². The third kappa shape index (κ3) is 6.38. The van der Waals surface area contributed by atoms with Crippen molar-refractivity contribution in [2.24, 2.45) is 79.3 Å². The van der Waals surface area contributed by atoms with Gasteiger partial charge in [-0.15, -0.1) is 0 Å². The third-order valence-corrected chi connectivity index (χ3v) is 24.1. The van der Waals surface area contributed by atoms with Crippen LogP contribution < -0.4 is 5.32 Å². The molecule has 1 aromatic rings. The van der Waals surface area contributed by atoms with Crippen molar-refractivity contribution in [3.8, 4) is 0 Å². The number of rotatable bonds is 10. The van der Waals surface area contributed by atoms with Crippen molar-refractivity contribution in [2.45, 2.75) is 170 Å². The molecule has 0 radical (unpaired) electrons. The van der Waals surface area contributed by atoms with Gasteiger partial charge >= 0.3 is 11.9 Å². The number of nitrogens with zero attached hydrogens (tertiary/aromatic N) is 1. The lowest BCUT2D eigenvalue weighted by Gasteiger charge is -2.75. The summed E-state index contributed by atoms with van der Waals surface area (Å²) >= 11 is 0. The molecule has 8 fully saturated rings. The summed E-state index contributed by atoms with van der Waals surface area (Å²) in [5, 5.41) is 15.7. The average Bonchev–Trinajstić information content (AvgIpc) is 3.82. The molecular weight excluding hydrogens is 793 g/mol. The molecule has 1 aliphatic heterocycles. The van der Waals surface area contributed by atoms with Gasteiger partial charge in [0, 0.05) is 30.7 Å². The number of nitrogens with one attached hydrogen (secondary N) is 1. The number of carboxylic acids is 1. The van der Waals surface area contributed by atoms with E-state index in [9.17, 15) is 23.1 Å². The molecule has 2 N–H and O–H groups in total. The minimum atomic E-state index is -2.93. The second kappa shape index (κ2) is 14.5. The normalized spacial score (nSPS) is 45.0. The van der Waals surface area contributed by atoms with Crippen molar-refractivity contribution < 1.29 is 27.9 Å². The first-order chi connectivity index (χ1) is 28.8. The molecule has 9 rings (SSSR count). The highest BCUT2D eigenvalue weighted by atomic mass is 32.2. The lowest BCUT2D eigenvalue weighted by atomic mass is 9.29. The minimum Gasteiger partial charge on any atom is -0.481 e. The van der Waals surface area contributed by atoms with Crippen molar-refractivity contribution in [3.05, 3.63) is 35.9 Å². The molecule has 346 valence electrons. The summed E-state index contributed by atoms with van der Waals surface area (Å²) in [5.41, 5.74) is 0.0947. The fraction of sp³-hybridized carbons (Fsp3) is 0.849. The van der Waals surface area contributed by atoms with Gasteiger partial charge in [0.15, 0.2) is 9.84 Å². The van der Waals surface area contributed by atoms with Crippen molar-refractivity contribution in [1.82, 2.24) is 10.2 Å². The first kappa shape index (κ1) is 45.2. The number of carbonyl (C=O) groups excluding carboxylic acids is 1. The van der Waals surface area contributed by atoms with Crippen LogP contribution >= 0.6 is 0 Å². The van der Waals surface area contributed by atoms with Crippen molar-refractivity contribution in [1.29, 1.82) is 0 Å². The molecule has 12 atom stereocenters. The van der Waals surface area contributed by atoms with Gasteiger partial charge in [-0.1, -0.05) is 85.7 Å². The van der Waals surface area contributed by atoms with Crippen LogP contribution in [0.25, 0.3) is 0 Å². The summed E-state index contributed by atoms with van der Waals surface area (Å²) in [5.74, 6) is 2.20. The third-order valence-electron chi connectivity index (χ3n) is 22.5. The lowest BCUT2D eigenvalue weighted by molar-refractivity contribution is -0.268. The van der Waals surface area contributed by atoms with E-state index >= 15 is 0 Å². The Bertz CT molecular complexity index is 2030. The molecule has 0 aromatic heterocycles. The number of carbonyl (C=O) groups is 2. The fourth-order valence-corrected chi connectivity index (χ4v) is 19.5. The topological polar surface area (TPSA) is 113 Å². The summed E-state index contributed by atoms with van der Waals surface area (Å²) in [4.78, 5) is 29.9. The summed E-state index contributed by atoms with van der Waals surface area (Å²) in [6, 6.07) is 9.77. The SMILES string of the molecule is CC1([C@@H]2CC[C@]3(NCC(C)(C)N4CCS(=O)(=O)CC4)CC[C@]4(C)[C@H](CC[C@@H]5[C@]6(C)CC[C@H]([C@@]7(C(=O)O)C[C@@H](C(=O)OCc8ccccc8)C7(C)C)C(C)(C)[C@H]6CC[C@]54C)[C@@H]23)CC1. The number of esters is 1. The standard InChI is InChI=1S/C53H82N2O6S/c1-45(2,55-28-30-62(59,60)31-29-55)34-54-52-23-18-36(48(7)24-25-48)42(52)37-16-17-41-49(8)21-19-40(46(3,4)39(49)20-22-51(41,10)50(37,9)26-27-52)53(44(57)58)32-38(47(53,5)6)43(56)61-33-35-14-12-11-13-15-35/h11-15,36-42,54H,16-34H2,1-10H3,(H,57,58)/t36-,37-,38+,39-,40+,41-,42-,49-,50-,51-,52+,53-/m1/s1. The predicted octanol–water partition coefficient (Wildman–Crippen LogP) is 10.2. The van der Waals surface area contributed by atoms with E-state index in [0.717, 1.165) is 37.3 Å². The highest BCUT2D eigenvalue weighted by Crippen LogP contribution is 2.80. The number of benzene rings is 1. The first-order valence-corrected chi connectivity index (χ1v) is 26.8. The highest BCUT2D eigenvalue weighted by Gasteiger charge is 2.77. The summed E-state index contributed by atoms with van der Waals surface area (Å²) in [7, 11) is -2.93. The second-order valence-corrected chi connectivity index (χ2v) is 28.0. The van der Waals surface area contributed by atoms with E-state index in [4.69, 9.17) is 4.74 Å². The summed E-state index contributed by atoms with van der Waals surface area (Å²) in [6.07, 6.45) is 15.0.